The Hall–Kier alpha value is -4.26. The van der Waals surface area contributed by atoms with E-state index in [1.54, 1.807) is 43.5 Å². The SMILES string of the molecule is CCOc1cccc(C2/C(=C(/O)c3ccc(OC(C)C)cc3)C(=O)C(=O)N2Cc2ccccc2OC)c1. The van der Waals surface area contributed by atoms with E-state index >= 15 is 0 Å². The largest absolute Gasteiger partial charge is 0.507 e. The summed E-state index contributed by atoms with van der Waals surface area (Å²) >= 11 is 0. The summed E-state index contributed by atoms with van der Waals surface area (Å²) in [7, 11) is 1.56. The van der Waals surface area contributed by atoms with Crippen molar-refractivity contribution in [3.8, 4) is 17.2 Å². The average molecular weight is 502 g/mol. The lowest BCUT2D eigenvalue weighted by Crippen LogP contribution is -2.29. The van der Waals surface area contributed by atoms with Crippen LogP contribution in [-0.4, -0.2) is 41.5 Å². The monoisotopic (exact) mass is 501 g/mol. The molecule has 0 saturated carbocycles. The number of Topliss-reactive ketones (excluding diaryl/α,β-unsaturated/α-hetero) is 1. The van der Waals surface area contributed by atoms with Crippen LogP contribution >= 0.6 is 0 Å². The van der Waals surface area contributed by atoms with E-state index in [0.29, 0.717) is 35.0 Å². The molecule has 37 heavy (non-hydrogen) atoms. The van der Waals surface area contributed by atoms with Crippen molar-refractivity contribution in [2.45, 2.75) is 39.5 Å². The van der Waals surface area contributed by atoms with Gasteiger partial charge in [-0.25, -0.2) is 0 Å². The Kier molecular flexibility index (Phi) is 7.82. The number of hydrogen-bond acceptors (Lipinski definition) is 6. The van der Waals surface area contributed by atoms with E-state index in [1.807, 2.05) is 57.2 Å². The minimum Gasteiger partial charge on any atom is -0.507 e. The van der Waals surface area contributed by atoms with Gasteiger partial charge in [-0.1, -0.05) is 30.3 Å². The highest BCUT2D eigenvalue weighted by Gasteiger charge is 2.46. The molecule has 192 valence electrons. The molecule has 7 heteroatoms. The number of aliphatic hydroxyl groups excluding tert-OH is 1. The second-order valence-electron chi connectivity index (χ2n) is 8.94. The predicted molar refractivity (Wildman–Crippen MR) is 141 cm³/mol. The van der Waals surface area contributed by atoms with Crippen molar-refractivity contribution >= 4 is 17.4 Å². The van der Waals surface area contributed by atoms with E-state index in [-0.39, 0.29) is 24.0 Å². The number of rotatable bonds is 9. The van der Waals surface area contributed by atoms with Crippen molar-refractivity contribution in [2.75, 3.05) is 13.7 Å². The van der Waals surface area contributed by atoms with Gasteiger partial charge in [0.25, 0.3) is 11.7 Å². The van der Waals surface area contributed by atoms with E-state index in [1.165, 1.54) is 4.90 Å². The fourth-order valence-corrected chi connectivity index (χ4v) is 4.47. The Morgan fingerprint density at radius 1 is 0.973 bits per heavy atom. The molecule has 1 unspecified atom stereocenters. The molecule has 1 saturated heterocycles. The number of amides is 1. The van der Waals surface area contributed by atoms with E-state index < -0.39 is 17.7 Å². The third-order valence-electron chi connectivity index (χ3n) is 6.06. The van der Waals surface area contributed by atoms with Crippen LogP contribution < -0.4 is 14.2 Å². The number of nitrogens with zero attached hydrogens (tertiary/aromatic N) is 1. The van der Waals surface area contributed by atoms with Crippen LogP contribution in [0.25, 0.3) is 5.76 Å². The summed E-state index contributed by atoms with van der Waals surface area (Å²) < 4.78 is 16.8. The molecule has 1 heterocycles. The van der Waals surface area contributed by atoms with Crippen LogP contribution in [0.15, 0.2) is 78.4 Å². The molecule has 0 aliphatic carbocycles. The number of methoxy groups -OCH3 is 1. The molecule has 3 aromatic carbocycles. The van der Waals surface area contributed by atoms with E-state index in [0.717, 1.165) is 5.56 Å². The van der Waals surface area contributed by atoms with Crippen molar-refractivity contribution in [1.82, 2.24) is 4.90 Å². The summed E-state index contributed by atoms with van der Waals surface area (Å²) in [5.74, 6) is 0.165. The molecule has 7 nitrogen and oxygen atoms in total. The third kappa shape index (κ3) is 5.45. The standard InChI is InChI=1S/C30H31NO6/c1-5-36-24-11-8-10-21(17-24)27-26(28(32)20-13-15-23(16-14-20)37-19(2)3)29(33)30(34)31(27)18-22-9-6-7-12-25(22)35-4/h6-17,19,27,32H,5,18H2,1-4H3/b28-26-. The molecular formula is C30H31NO6. The van der Waals surface area contributed by atoms with Gasteiger partial charge in [0.2, 0.25) is 0 Å². The van der Waals surface area contributed by atoms with Gasteiger partial charge in [0.15, 0.2) is 0 Å². The fourth-order valence-electron chi connectivity index (χ4n) is 4.47. The molecule has 1 aliphatic rings. The average Bonchev–Trinajstić information content (AvgIpc) is 3.14. The van der Waals surface area contributed by atoms with Gasteiger partial charge in [-0.15, -0.1) is 0 Å². The number of likely N-dealkylation sites (tertiary alicyclic amines) is 1. The molecule has 0 aromatic heterocycles. The molecule has 0 bridgehead atoms. The summed E-state index contributed by atoms with van der Waals surface area (Å²) in [6, 6.07) is 20.6. The van der Waals surface area contributed by atoms with Crippen LogP contribution in [-0.2, 0) is 16.1 Å². The molecule has 1 atom stereocenters. The number of hydrogen-bond donors (Lipinski definition) is 1. The van der Waals surface area contributed by atoms with Gasteiger partial charge in [0, 0.05) is 11.1 Å². The Labute approximate surface area is 216 Å². The first-order chi connectivity index (χ1) is 17.8. The predicted octanol–water partition coefficient (Wildman–Crippen LogP) is 5.50. The zero-order valence-electron chi connectivity index (χ0n) is 21.4. The van der Waals surface area contributed by atoms with E-state index in [4.69, 9.17) is 14.2 Å². The van der Waals surface area contributed by atoms with Gasteiger partial charge in [-0.2, -0.15) is 0 Å². The Bertz CT molecular complexity index is 1310. The lowest BCUT2D eigenvalue weighted by atomic mass is 9.95. The highest BCUT2D eigenvalue weighted by atomic mass is 16.5. The van der Waals surface area contributed by atoms with Crippen LogP contribution in [0.1, 0.15) is 43.5 Å². The van der Waals surface area contributed by atoms with Crippen molar-refractivity contribution in [3.05, 3.63) is 95.1 Å². The molecule has 1 N–H and O–H groups in total. The first-order valence-electron chi connectivity index (χ1n) is 12.2. The highest BCUT2D eigenvalue weighted by Crippen LogP contribution is 2.42. The van der Waals surface area contributed by atoms with E-state index in [9.17, 15) is 14.7 Å². The quantitative estimate of drug-likeness (QED) is 0.237. The summed E-state index contributed by atoms with van der Waals surface area (Å²) in [5, 5.41) is 11.4. The van der Waals surface area contributed by atoms with Gasteiger partial charge >= 0.3 is 0 Å². The maximum atomic E-state index is 13.4. The number of benzene rings is 3. The normalized spacial score (nSPS) is 16.8. The zero-order valence-corrected chi connectivity index (χ0v) is 21.4. The first-order valence-corrected chi connectivity index (χ1v) is 12.2. The number of carbonyl (C=O) groups is 2. The third-order valence-corrected chi connectivity index (χ3v) is 6.06. The van der Waals surface area contributed by atoms with Crippen molar-refractivity contribution < 1.29 is 28.9 Å². The Morgan fingerprint density at radius 2 is 1.70 bits per heavy atom. The van der Waals surface area contributed by atoms with Gasteiger partial charge in [-0.3, -0.25) is 9.59 Å². The maximum Gasteiger partial charge on any atom is 0.295 e. The van der Waals surface area contributed by atoms with Crippen molar-refractivity contribution in [3.63, 3.8) is 0 Å². The molecule has 1 fully saturated rings. The highest BCUT2D eigenvalue weighted by molar-refractivity contribution is 6.46. The molecule has 0 radical (unpaired) electrons. The molecule has 3 aromatic rings. The van der Waals surface area contributed by atoms with Crippen molar-refractivity contribution in [2.24, 2.45) is 0 Å². The van der Waals surface area contributed by atoms with Crippen LogP contribution in [0.2, 0.25) is 0 Å². The first kappa shape index (κ1) is 25.8. The van der Waals surface area contributed by atoms with Gasteiger partial charge in [0.05, 0.1) is 38.0 Å². The minimum atomic E-state index is -0.822. The van der Waals surface area contributed by atoms with Crippen LogP contribution in [0.4, 0.5) is 0 Å². The Morgan fingerprint density at radius 3 is 2.38 bits per heavy atom. The topological polar surface area (TPSA) is 85.3 Å². The lowest BCUT2D eigenvalue weighted by Gasteiger charge is -2.26. The fraction of sp³-hybridized carbons (Fsp3) is 0.267. The number of para-hydroxylation sites is 1. The summed E-state index contributed by atoms with van der Waals surface area (Å²) in [4.78, 5) is 28.2. The number of ether oxygens (including phenoxy) is 3. The summed E-state index contributed by atoms with van der Waals surface area (Å²) in [5.41, 5.74) is 1.83. The lowest BCUT2D eigenvalue weighted by molar-refractivity contribution is -0.140. The van der Waals surface area contributed by atoms with Crippen molar-refractivity contribution in [1.29, 1.82) is 0 Å². The minimum absolute atomic E-state index is 0.00244. The second kappa shape index (κ2) is 11.2. The molecular weight excluding hydrogens is 470 g/mol. The summed E-state index contributed by atoms with van der Waals surface area (Å²) in [6.07, 6.45) is -0.00244. The second-order valence-corrected chi connectivity index (χ2v) is 8.94. The summed E-state index contributed by atoms with van der Waals surface area (Å²) in [6.45, 7) is 6.32. The maximum absolute atomic E-state index is 13.4. The number of carbonyl (C=O) groups excluding carboxylic acids is 2. The van der Waals surface area contributed by atoms with Crippen LogP contribution in [0.5, 0.6) is 17.2 Å². The molecule has 4 rings (SSSR count). The zero-order chi connectivity index (χ0) is 26.5. The molecule has 0 spiro atoms. The number of aliphatic hydroxyl groups is 1. The van der Waals surface area contributed by atoms with Crippen LogP contribution in [0.3, 0.4) is 0 Å². The smallest absolute Gasteiger partial charge is 0.295 e. The van der Waals surface area contributed by atoms with E-state index in [2.05, 4.69) is 0 Å². The van der Waals surface area contributed by atoms with Gasteiger partial charge in [0.1, 0.15) is 23.0 Å². The van der Waals surface area contributed by atoms with Crippen LogP contribution in [0, 0.1) is 0 Å². The van der Waals surface area contributed by atoms with Gasteiger partial charge in [-0.05, 0) is 68.8 Å². The number of ketones is 1. The molecule has 1 aliphatic heterocycles. The molecule has 1 amide bonds. The Balaban J connectivity index is 1.83. The van der Waals surface area contributed by atoms with Gasteiger partial charge < -0.3 is 24.2 Å².